The van der Waals surface area contributed by atoms with Crippen molar-refractivity contribution in [1.29, 1.82) is 0 Å². The first-order valence-corrected chi connectivity index (χ1v) is 7.14. The number of ether oxygens (including phenoxy) is 1. The molecule has 0 bridgehead atoms. The van der Waals surface area contributed by atoms with Gasteiger partial charge in [-0.15, -0.1) is 0 Å². The fourth-order valence-corrected chi connectivity index (χ4v) is 1.89. The molecular formula is C16H26N2O2. The lowest BCUT2D eigenvalue weighted by atomic mass is 10.0. The van der Waals surface area contributed by atoms with Crippen molar-refractivity contribution >= 4 is 5.91 Å². The molecule has 0 spiro atoms. The highest BCUT2D eigenvalue weighted by Crippen LogP contribution is 2.14. The van der Waals surface area contributed by atoms with Crippen LogP contribution in [0.4, 0.5) is 0 Å². The molecule has 1 aromatic rings. The number of rotatable bonds is 7. The summed E-state index contributed by atoms with van der Waals surface area (Å²) in [5.74, 6) is 1.26. The molecule has 1 atom stereocenters. The summed E-state index contributed by atoms with van der Waals surface area (Å²) < 4.78 is 5.13. The van der Waals surface area contributed by atoms with E-state index < -0.39 is 0 Å². The van der Waals surface area contributed by atoms with Gasteiger partial charge in [0.2, 0.25) is 5.91 Å². The van der Waals surface area contributed by atoms with E-state index in [4.69, 9.17) is 10.5 Å². The molecule has 2 N–H and O–H groups in total. The van der Waals surface area contributed by atoms with Crippen LogP contribution in [0.1, 0.15) is 32.8 Å². The van der Waals surface area contributed by atoms with Gasteiger partial charge >= 0.3 is 0 Å². The molecule has 0 aliphatic heterocycles. The van der Waals surface area contributed by atoms with E-state index in [-0.39, 0.29) is 11.9 Å². The zero-order valence-corrected chi connectivity index (χ0v) is 12.9. The first kappa shape index (κ1) is 16.5. The normalized spacial score (nSPS) is 12.3. The van der Waals surface area contributed by atoms with E-state index in [2.05, 4.69) is 0 Å². The third kappa shape index (κ3) is 4.85. The van der Waals surface area contributed by atoms with E-state index in [1.165, 1.54) is 0 Å². The lowest BCUT2D eigenvalue weighted by Gasteiger charge is -2.24. The fourth-order valence-electron chi connectivity index (χ4n) is 1.89. The van der Waals surface area contributed by atoms with Gasteiger partial charge in [-0.1, -0.05) is 26.0 Å². The maximum absolute atomic E-state index is 12.2. The van der Waals surface area contributed by atoms with Crippen LogP contribution in [-0.4, -0.2) is 30.5 Å². The van der Waals surface area contributed by atoms with Crippen molar-refractivity contribution in [3.63, 3.8) is 0 Å². The molecular weight excluding hydrogens is 252 g/mol. The lowest BCUT2D eigenvalue weighted by Crippen LogP contribution is -2.37. The number of amides is 1. The van der Waals surface area contributed by atoms with Crippen LogP contribution >= 0.6 is 0 Å². The summed E-state index contributed by atoms with van der Waals surface area (Å²) in [4.78, 5) is 14.1. The van der Waals surface area contributed by atoms with Gasteiger partial charge in [-0.2, -0.15) is 0 Å². The summed E-state index contributed by atoms with van der Waals surface area (Å²) in [5.41, 5.74) is 7.07. The van der Waals surface area contributed by atoms with Gasteiger partial charge in [-0.05, 0) is 30.5 Å². The highest BCUT2D eigenvalue weighted by atomic mass is 16.5. The van der Waals surface area contributed by atoms with Crippen LogP contribution in [-0.2, 0) is 11.3 Å². The second-order valence-corrected chi connectivity index (χ2v) is 5.37. The maximum Gasteiger partial charge on any atom is 0.224 e. The number of carbonyl (C=O) groups excluding carboxylic acids is 1. The van der Waals surface area contributed by atoms with Crippen molar-refractivity contribution in [2.45, 2.75) is 39.8 Å². The molecule has 4 nitrogen and oxygen atoms in total. The van der Waals surface area contributed by atoms with Crippen LogP contribution < -0.4 is 10.5 Å². The number of benzene rings is 1. The van der Waals surface area contributed by atoms with Gasteiger partial charge in [0.05, 0.1) is 7.11 Å². The molecule has 0 aliphatic carbocycles. The van der Waals surface area contributed by atoms with Crippen LogP contribution in [0, 0.1) is 5.92 Å². The Morgan fingerprint density at radius 1 is 1.30 bits per heavy atom. The Hall–Kier alpha value is -1.55. The molecule has 0 heterocycles. The summed E-state index contributed by atoms with van der Waals surface area (Å²) >= 11 is 0. The Labute approximate surface area is 121 Å². The van der Waals surface area contributed by atoms with E-state index in [1.54, 1.807) is 7.11 Å². The minimum absolute atomic E-state index is 0.0765. The smallest absolute Gasteiger partial charge is 0.224 e. The monoisotopic (exact) mass is 278 g/mol. The zero-order chi connectivity index (χ0) is 15.1. The van der Waals surface area contributed by atoms with Gasteiger partial charge in [0.1, 0.15) is 5.75 Å². The van der Waals surface area contributed by atoms with Gasteiger partial charge < -0.3 is 15.4 Å². The number of hydrogen-bond donors (Lipinski definition) is 1. The number of nitrogens with two attached hydrogens (primary N) is 1. The third-order valence-electron chi connectivity index (χ3n) is 3.53. The van der Waals surface area contributed by atoms with Gasteiger partial charge in [0.15, 0.2) is 0 Å². The molecule has 0 aliphatic rings. The van der Waals surface area contributed by atoms with E-state index in [9.17, 15) is 4.79 Å². The molecule has 0 saturated carbocycles. The molecule has 4 heteroatoms. The molecule has 112 valence electrons. The van der Waals surface area contributed by atoms with Crippen molar-refractivity contribution in [3.05, 3.63) is 29.8 Å². The Morgan fingerprint density at radius 2 is 1.90 bits per heavy atom. The highest BCUT2D eigenvalue weighted by molar-refractivity contribution is 5.76. The average molecular weight is 278 g/mol. The van der Waals surface area contributed by atoms with Crippen LogP contribution in [0.5, 0.6) is 5.75 Å². The van der Waals surface area contributed by atoms with Gasteiger partial charge in [0.25, 0.3) is 0 Å². The molecule has 0 saturated heterocycles. The second kappa shape index (κ2) is 7.90. The first-order valence-electron chi connectivity index (χ1n) is 7.14. The Bertz CT molecular complexity index is 415. The second-order valence-electron chi connectivity index (χ2n) is 5.37. The quantitative estimate of drug-likeness (QED) is 0.833. The summed E-state index contributed by atoms with van der Waals surface area (Å²) in [6, 6.07) is 7.71. The molecule has 20 heavy (non-hydrogen) atoms. The van der Waals surface area contributed by atoms with E-state index in [0.717, 1.165) is 11.3 Å². The minimum atomic E-state index is -0.0765. The number of methoxy groups -OCH3 is 1. The average Bonchev–Trinajstić information content (AvgIpc) is 2.44. The molecule has 0 aromatic heterocycles. The summed E-state index contributed by atoms with van der Waals surface area (Å²) in [7, 11) is 1.64. The predicted molar refractivity (Wildman–Crippen MR) is 81.5 cm³/mol. The predicted octanol–water partition coefficient (Wildman–Crippen LogP) is 2.42. The van der Waals surface area contributed by atoms with Crippen molar-refractivity contribution < 1.29 is 9.53 Å². The molecule has 1 rings (SSSR count). The largest absolute Gasteiger partial charge is 0.497 e. The molecule has 1 unspecified atom stereocenters. The summed E-state index contributed by atoms with van der Waals surface area (Å²) in [5, 5.41) is 0. The Morgan fingerprint density at radius 3 is 2.35 bits per heavy atom. The van der Waals surface area contributed by atoms with E-state index in [1.807, 2.05) is 49.9 Å². The Kier molecular flexibility index (Phi) is 6.52. The topological polar surface area (TPSA) is 55.6 Å². The zero-order valence-electron chi connectivity index (χ0n) is 12.9. The lowest BCUT2D eigenvalue weighted by molar-refractivity contribution is -0.132. The molecule has 1 aromatic carbocycles. The minimum Gasteiger partial charge on any atom is -0.497 e. The van der Waals surface area contributed by atoms with Gasteiger partial charge in [0, 0.05) is 25.6 Å². The Balaban J connectivity index is 2.63. The van der Waals surface area contributed by atoms with E-state index >= 15 is 0 Å². The SMILES string of the molecule is CCN(Cc1ccc(OC)cc1)C(=O)CC(N)C(C)C. The maximum atomic E-state index is 12.2. The van der Waals surface area contributed by atoms with Crippen LogP contribution in [0.2, 0.25) is 0 Å². The van der Waals surface area contributed by atoms with Crippen molar-refractivity contribution in [1.82, 2.24) is 4.90 Å². The molecule has 0 fully saturated rings. The summed E-state index contributed by atoms with van der Waals surface area (Å²) in [6.07, 6.45) is 0.404. The van der Waals surface area contributed by atoms with Crippen LogP contribution in [0.3, 0.4) is 0 Å². The van der Waals surface area contributed by atoms with Crippen LogP contribution in [0.15, 0.2) is 24.3 Å². The van der Waals surface area contributed by atoms with Crippen LogP contribution in [0.25, 0.3) is 0 Å². The standard InChI is InChI=1S/C16H26N2O2/c1-5-18(16(19)10-15(17)12(2)3)11-13-6-8-14(20-4)9-7-13/h6-9,12,15H,5,10-11,17H2,1-4H3. The van der Waals surface area contributed by atoms with Crippen molar-refractivity contribution in [2.24, 2.45) is 11.7 Å². The molecule has 1 amide bonds. The number of hydrogen-bond acceptors (Lipinski definition) is 3. The van der Waals surface area contributed by atoms with Crippen molar-refractivity contribution in [3.8, 4) is 5.75 Å². The van der Waals surface area contributed by atoms with E-state index in [0.29, 0.717) is 25.4 Å². The number of carbonyl (C=O) groups is 1. The third-order valence-corrected chi connectivity index (χ3v) is 3.53. The first-order chi connectivity index (χ1) is 9.47. The van der Waals surface area contributed by atoms with Gasteiger partial charge in [-0.25, -0.2) is 0 Å². The molecule has 0 radical (unpaired) electrons. The number of nitrogens with zero attached hydrogens (tertiary/aromatic N) is 1. The summed E-state index contributed by atoms with van der Waals surface area (Å²) in [6.45, 7) is 7.37. The van der Waals surface area contributed by atoms with Gasteiger partial charge in [-0.3, -0.25) is 4.79 Å². The fraction of sp³-hybridized carbons (Fsp3) is 0.562. The van der Waals surface area contributed by atoms with Crippen molar-refractivity contribution in [2.75, 3.05) is 13.7 Å². The highest BCUT2D eigenvalue weighted by Gasteiger charge is 2.18.